The van der Waals surface area contributed by atoms with E-state index in [-0.39, 0.29) is 16.6 Å². The van der Waals surface area contributed by atoms with Gasteiger partial charge in [-0.25, -0.2) is 18.4 Å². The van der Waals surface area contributed by atoms with Crippen LogP contribution in [0.2, 0.25) is 0 Å². The van der Waals surface area contributed by atoms with Crippen LogP contribution in [0.5, 0.6) is 0 Å². The number of benzene rings is 1. The van der Waals surface area contributed by atoms with Gasteiger partial charge in [0.25, 0.3) is 0 Å². The molecule has 32 heavy (non-hydrogen) atoms. The average Bonchev–Trinajstić information content (AvgIpc) is 3.00. The molecule has 1 aromatic carbocycles. The van der Waals surface area contributed by atoms with Crippen LogP contribution in [0.15, 0.2) is 52.5 Å². The predicted octanol–water partition coefficient (Wildman–Crippen LogP) is 4.01. The second kappa shape index (κ2) is 10.3. The van der Waals surface area contributed by atoms with Gasteiger partial charge in [-0.2, -0.15) is 4.31 Å². The minimum absolute atomic E-state index is 0.0303. The zero-order chi connectivity index (χ0) is 22.6. The maximum absolute atomic E-state index is 12.9. The van der Waals surface area contributed by atoms with Crippen LogP contribution in [-0.2, 0) is 21.4 Å². The van der Waals surface area contributed by atoms with Crippen LogP contribution in [0.4, 0.5) is 0 Å². The number of aromatic nitrogens is 2. The van der Waals surface area contributed by atoms with Gasteiger partial charge >= 0.3 is 0 Å². The number of thioether (sulfide) groups is 1. The Bertz CT molecular complexity index is 1140. The molecule has 0 atom stereocenters. The van der Waals surface area contributed by atoms with Crippen molar-refractivity contribution in [1.29, 1.82) is 0 Å². The van der Waals surface area contributed by atoms with Crippen LogP contribution in [0.1, 0.15) is 30.7 Å². The monoisotopic (exact) mass is 490 g/mol. The standard InChI is InChI=1S/C22H26N4O3S3/c1-25(15-21-24-18-8-4-5-9-19(18)31-21)22(27)16-30-20-11-10-17(14-23-20)32(28,29)26-12-6-2-3-7-13-26/h4-5,8-11,14H,2-3,6-7,12-13,15-16H2,1H3. The molecule has 0 saturated carbocycles. The van der Waals surface area contributed by atoms with Gasteiger partial charge in [0.1, 0.15) is 9.90 Å². The number of sulfonamides is 1. The number of para-hydroxylation sites is 1. The Morgan fingerprint density at radius 2 is 1.88 bits per heavy atom. The van der Waals surface area contributed by atoms with Crippen molar-refractivity contribution in [1.82, 2.24) is 19.2 Å². The van der Waals surface area contributed by atoms with Crippen molar-refractivity contribution >= 4 is 49.2 Å². The van der Waals surface area contributed by atoms with Crippen molar-refractivity contribution < 1.29 is 13.2 Å². The third-order valence-electron chi connectivity index (χ3n) is 5.39. The van der Waals surface area contributed by atoms with E-state index in [1.165, 1.54) is 18.0 Å². The molecule has 3 aromatic rings. The van der Waals surface area contributed by atoms with Gasteiger partial charge in [0.15, 0.2) is 0 Å². The summed E-state index contributed by atoms with van der Waals surface area (Å²) in [5.74, 6) is 0.199. The van der Waals surface area contributed by atoms with E-state index in [2.05, 4.69) is 9.97 Å². The van der Waals surface area contributed by atoms with Crippen molar-refractivity contribution in [3.63, 3.8) is 0 Å². The number of rotatable bonds is 7. The third kappa shape index (κ3) is 5.48. The molecule has 7 nitrogen and oxygen atoms in total. The molecule has 0 aliphatic carbocycles. The predicted molar refractivity (Wildman–Crippen MR) is 128 cm³/mol. The van der Waals surface area contributed by atoms with Crippen LogP contribution < -0.4 is 0 Å². The normalized spacial score (nSPS) is 15.5. The zero-order valence-corrected chi connectivity index (χ0v) is 20.4. The quantitative estimate of drug-likeness (QED) is 0.466. The van der Waals surface area contributed by atoms with Crippen molar-refractivity contribution in [2.24, 2.45) is 0 Å². The van der Waals surface area contributed by atoms with Crippen molar-refractivity contribution in [2.45, 2.75) is 42.1 Å². The topological polar surface area (TPSA) is 83.5 Å². The molecule has 1 amide bonds. The van der Waals surface area contributed by atoms with Gasteiger partial charge in [0, 0.05) is 26.3 Å². The third-order valence-corrected chi connectivity index (χ3v) is 9.22. The maximum Gasteiger partial charge on any atom is 0.244 e. The number of hydrogen-bond acceptors (Lipinski definition) is 7. The lowest BCUT2D eigenvalue weighted by Gasteiger charge is -2.19. The van der Waals surface area contributed by atoms with E-state index in [0.717, 1.165) is 40.9 Å². The number of carbonyl (C=O) groups is 1. The van der Waals surface area contributed by atoms with Gasteiger partial charge in [-0.3, -0.25) is 4.79 Å². The highest BCUT2D eigenvalue weighted by atomic mass is 32.2. The molecule has 170 valence electrons. The molecule has 1 aliphatic heterocycles. The van der Waals surface area contributed by atoms with E-state index >= 15 is 0 Å². The first-order valence-corrected chi connectivity index (χ1v) is 13.8. The molecule has 1 saturated heterocycles. The van der Waals surface area contributed by atoms with Gasteiger partial charge in [-0.1, -0.05) is 36.7 Å². The van der Waals surface area contributed by atoms with E-state index in [1.54, 1.807) is 39.7 Å². The fourth-order valence-corrected chi connectivity index (χ4v) is 6.83. The minimum Gasteiger partial charge on any atom is -0.338 e. The number of thiazole rings is 1. The highest BCUT2D eigenvalue weighted by Crippen LogP contribution is 2.24. The van der Waals surface area contributed by atoms with E-state index < -0.39 is 10.0 Å². The lowest BCUT2D eigenvalue weighted by atomic mass is 10.2. The highest BCUT2D eigenvalue weighted by Gasteiger charge is 2.25. The molecule has 0 bridgehead atoms. The fraction of sp³-hybridized carbons (Fsp3) is 0.409. The van der Waals surface area contributed by atoms with E-state index in [1.807, 2.05) is 24.3 Å². The largest absolute Gasteiger partial charge is 0.338 e. The molecule has 4 rings (SSSR count). The average molecular weight is 491 g/mol. The van der Waals surface area contributed by atoms with E-state index in [9.17, 15) is 13.2 Å². The molecule has 0 unspecified atom stereocenters. The lowest BCUT2D eigenvalue weighted by Crippen LogP contribution is -2.32. The number of hydrogen-bond donors (Lipinski definition) is 0. The lowest BCUT2D eigenvalue weighted by molar-refractivity contribution is -0.127. The molecule has 3 heterocycles. The van der Waals surface area contributed by atoms with Gasteiger partial charge < -0.3 is 4.90 Å². The molecule has 10 heteroatoms. The first kappa shape index (κ1) is 23.2. The molecule has 2 aromatic heterocycles. The molecule has 0 N–H and O–H groups in total. The van der Waals surface area contributed by atoms with E-state index in [4.69, 9.17) is 0 Å². The van der Waals surface area contributed by atoms with Crippen LogP contribution >= 0.6 is 23.1 Å². The summed E-state index contributed by atoms with van der Waals surface area (Å²) >= 11 is 2.89. The molecule has 0 radical (unpaired) electrons. The summed E-state index contributed by atoms with van der Waals surface area (Å²) in [6.45, 7) is 1.59. The van der Waals surface area contributed by atoms with Gasteiger partial charge in [-0.15, -0.1) is 11.3 Å². The zero-order valence-electron chi connectivity index (χ0n) is 17.9. The fourth-order valence-electron chi connectivity index (χ4n) is 3.56. The molecule has 1 aliphatic rings. The van der Waals surface area contributed by atoms with Gasteiger partial charge in [0.2, 0.25) is 15.9 Å². The number of carbonyl (C=O) groups excluding carboxylic acids is 1. The van der Waals surface area contributed by atoms with Crippen LogP contribution in [0, 0.1) is 0 Å². The molecule has 1 fully saturated rings. The Hall–Kier alpha value is -2.01. The smallest absolute Gasteiger partial charge is 0.244 e. The van der Waals surface area contributed by atoms with Crippen LogP contribution in [0.25, 0.3) is 10.2 Å². The first-order chi connectivity index (χ1) is 15.4. The minimum atomic E-state index is -3.51. The van der Waals surface area contributed by atoms with Crippen LogP contribution in [0.3, 0.4) is 0 Å². The number of amides is 1. The van der Waals surface area contributed by atoms with E-state index in [0.29, 0.717) is 24.7 Å². The Labute approximate surface area is 196 Å². The van der Waals surface area contributed by atoms with Crippen molar-refractivity contribution in [2.75, 3.05) is 25.9 Å². The number of pyridine rings is 1. The Kier molecular flexibility index (Phi) is 7.44. The van der Waals surface area contributed by atoms with Crippen molar-refractivity contribution in [3.05, 3.63) is 47.6 Å². The highest BCUT2D eigenvalue weighted by molar-refractivity contribution is 7.99. The Morgan fingerprint density at radius 3 is 2.56 bits per heavy atom. The summed E-state index contributed by atoms with van der Waals surface area (Å²) < 4.78 is 28.4. The van der Waals surface area contributed by atoms with Gasteiger partial charge in [0.05, 0.1) is 27.5 Å². The summed E-state index contributed by atoms with van der Waals surface area (Å²) in [7, 11) is -1.75. The van der Waals surface area contributed by atoms with Crippen molar-refractivity contribution in [3.8, 4) is 0 Å². The molecular weight excluding hydrogens is 464 g/mol. The maximum atomic E-state index is 12.9. The SMILES string of the molecule is CN(Cc1nc2ccccc2s1)C(=O)CSc1ccc(S(=O)(=O)N2CCCCCC2)cn1. The Morgan fingerprint density at radius 1 is 1.12 bits per heavy atom. The molecule has 0 spiro atoms. The summed E-state index contributed by atoms with van der Waals surface area (Å²) in [4.78, 5) is 23.3. The molecular formula is C22H26N4O3S3. The first-order valence-electron chi connectivity index (χ1n) is 10.6. The summed E-state index contributed by atoms with van der Waals surface area (Å²) in [6, 6.07) is 11.2. The Balaban J connectivity index is 1.32. The summed E-state index contributed by atoms with van der Waals surface area (Å²) in [5.41, 5.74) is 0.946. The number of nitrogens with zero attached hydrogens (tertiary/aromatic N) is 4. The van der Waals surface area contributed by atoms with Gasteiger partial charge in [-0.05, 0) is 37.1 Å². The second-order valence-corrected chi connectivity index (χ2v) is 11.8. The second-order valence-electron chi connectivity index (χ2n) is 7.76. The number of fused-ring (bicyclic) bond motifs is 1. The summed E-state index contributed by atoms with van der Waals surface area (Å²) in [5, 5.41) is 1.52. The van der Waals surface area contributed by atoms with Crippen LogP contribution in [-0.4, -0.2) is 59.4 Å². The summed E-state index contributed by atoms with van der Waals surface area (Å²) in [6.07, 6.45) is 5.33.